The minimum atomic E-state index is 0.114. The molecule has 28 heavy (non-hydrogen) atoms. The quantitative estimate of drug-likeness (QED) is 0.753. The van der Waals surface area contributed by atoms with Gasteiger partial charge < -0.3 is 19.6 Å². The van der Waals surface area contributed by atoms with E-state index >= 15 is 0 Å². The van der Waals surface area contributed by atoms with Crippen LogP contribution in [0.2, 0.25) is 0 Å². The molecule has 2 fully saturated rings. The summed E-state index contributed by atoms with van der Waals surface area (Å²) in [5.74, 6) is 0.606. The van der Waals surface area contributed by atoms with E-state index in [0.717, 1.165) is 83.3 Å². The molecule has 8 heteroatoms. The van der Waals surface area contributed by atoms with Gasteiger partial charge in [0.2, 0.25) is 11.8 Å². The third-order valence-electron chi connectivity index (χ3n) is 6.40. The SMILES string of the molecule is CCN1CCN(C(=O)C2CCc3nc(N4CCN(C(C)=O)CC4)sc3C2)CC1. The monoisotopic (exact) mass is 405 g/mol. The Morgan fingerprint density at radius 1 is 1.04 bits per heavy atom. The highest BCUT2D eigenvalue weighted by atomic mass is 32.1. The van der Waals surface area contributed by atoms with Crippen LogP contribution >= 0.6 is 11.3 Å². The molecule has 0 spiro atoms. The fourth-order valence-electron chi connectivity index (χ4n) is 4.46. The summed E-state index contributed by atoms with van der Waals surface area (Å²) in [5.41, 5.74) is 1.19. The summed E-state index contributed by atoms with van der Waals surface area (Å²) in [4.78, 5) is 39.4. The summed E-state index contributed by atoms with van der Waals surface area (Å²) in [6.07, 6.45) is 2.67. The van der Waals surface area contributed by atoms with E-state index in [1.54, 1.807) is 18.3 Å². The molecule has 154 valence electrons. The Hall–Kier alpha value is -1.67. The van der Waals surface area contributed by atoms with E-state index < -0.39 is 0 Å². The average Bonchev–Trinajstić information content (AvgIpc) is 3.16. The van der Waals surface area contributed by atoms with Gasteiger partial charge in [-0.3, -0.25) is 9.59 Å². The van der Waals surface area contributed by atoms with E-state index in [4.69, 9.17) is 4.98 Å². The van der Waals surface area contributed by atoms with Gasteiger partial charge in [0.05, 0.1) is 5.69 Å². The fraction of sp³-hybridized carbons (Fsp3) is 0.750. The number of aromatic nitrogens is 1. The topological polar surface area (TPSA) is 60.0 Å². The Bertz CT molecular complexity index is 720. The maximum absolute atomic E-state index is 13.0. The minimum Gasteiger partial charge on any atom is -0.345 e. The zero-order valence-corrected chi connectivity index (χ0v) is 17.8. The first kappa shape index (κ1) is 19.6. The van der Waals surface area contributed by atoms with Gasteiger partial charge in [-0.15, -0.1) is 11.3 Å². The second-order valence-electron chi connectivity index (χ2n) is 8.06. The first-order chi connectivity index (χ1) is 13.5. The zero-order chi connectivity index (χ0) is 19.7. The van der Waals surface area contributed by atoms with Crippen LogP contribution in [0.3, 0.4) is 0 Å². The van der Waals surface area contributed by atoms with Crippen molar-refractivity contribution in [2.24, 2.45) is 5.92 Å². The number of anilines is 1. The van der Waals surface area contributed by atoms with Crippen LogP contribution in [0.5, 0.6) is 0 Å². The number of fused-ring (bicyclic) bond motifs is 1. The maximum Gasteiger partial charge on any atom is 0.226 e. The molecule has 1 aromatic heterocycles. The molecule has 3 aliphatic rings. The first-order valence-electron chi connectivity index (χ1n) is 10.5. The number of carbonyl (C=O) groups is 2. The van der Waals surface area contributed by atoms with E-state index in [1.165, 1.54) is 10.6 Å². The molecule has 0 radical (unpaired) electrons. The number of hydrogen-bond acceptors (Lipinski definition) is 6. The molecule has 1 unspecified atom stereocenters. The summed E-state index contributed by atoms with van der Waals surface area (Å²) in [6.45, 7) is 11.8. The fourth-order valence-corrected chi connectivity index (χ4v) is 5.70. The van der Waals surface area contributed by atoms with E-state index in [2.05, 4.69) is 21.6 Å². The smallest absolute Gasteiger partial charge is 0.226 e. The second kappa shape index (κ2) is 8.37. The van der Waals surface area contributed by atoms with Crippen LogP contribution in [0, 0.1) is 5.92 Å². The Kier molecular flexibility index (Phi) is 5.87. The largest absolute Gasteiger partial charge is 0.345 e. The molecule has 3 heterocycles. The van der Waals surface area contributed by atoms with Crippen molar-refractivity contribution >= 4 is 28.3 Å². The average molecular weight is 406 g/mol. The Balaban J connectivity index is 1.36. The lowest BCUT2D eigenvalue weighted by Gasteiger charge is -2.36. The van der Waals surface area contributed by atoms with Crippen molar-refractivity contribution in [2.75, 3.05) is 63.8 Å². The number of amides is 2. The first-order valence-corrected chi connectivity index (χ1v) is 11.4. The van der Waals surface area contributed by atoms with Crippen LogP contribution in [0.4, 0.5) is 5.13 Å². The lowest BCUT2D eigenvalue weighted by Crippen LogP contribution is -2.50. The minimum absolute atomic E-state index is 0.114. The number of aryl methyl sites for hydroxylation is 1. The predicted molar refractivity (Wildman–Crippen MR) is 111 cm³/mol. The van der Waals surface area contributed by atoms with Crippen LogP contribution in [0.1, 0.15) is 30.8 Å². The Morgan fingerprint density at radius 2 is 1.71 bits per heavy atom. The third kappa shape index (κ3) is 4.03. The van der Waals surface area contributed by atoms with Gasteiger partial charge in [-0.1, -0.05) is 6.92 Å². The highest BCUT2D eigenvalue weighted by Gasteiger charge is 2.32. The van der Waals surface area contributed by atoms with Crippen molar-refractivity contribution in [3.8, 4) is 0 Å². The molecule has 2 aliphatic heterocycles. The van der Waals surface area contributed by atoms with Crippen molar-refractivity contribution in [3.05, 3.63) is 10.6 Å². The van der Waals surface area contributed by atoms with Crippen LogP contribution in [0.25, 0.3) is 0 Å². The van der Waals surface area contributed by atoms with E-state index in [-0.39, 0.29) is 11.8 Å². The van der Waals surface area contributed by atoms with Gasteiger partial charge >= 0.3 is 0 Å². The molecule has 2 saturated heterocycles. The van der Waals surface area contributed by atoms with Crippen molar-refractivity contribution in [1.29, 1.82) is 0 Å². The number of likely N-dealkylation sites (N-methyl/N-ethyl adjacent to an activating group) is 1. The molecular weight excluding hydrogens is 374 g/mol. The van der Waals surface area contributed by atoms with Crippen molar-refractivity contribution in [1.82, 2.24) is 19.7 Å². The number of piperazine rings is 2. The Labute approximate surface area is 171 Å². The van der Waals surface area contributed by atoms with Crippen LogP contribution in [-0.4, -0.2) is 90.4 Å². The third-order valence-corrected chi connectivity index (χ3v) is 7.59. The summed E-state index contributed by atoms with van der Waals surface area (Å²) in [7, 11) is 0. The summed E-state index contributed by atoms with van der Waals surface area (Å²) < 4.78 is 0. The van der Waals surface area contributed by atoms with Crippen LogP contribution in [-0.2, 0) is 22.4 Å². The van der Waals surface area contributed by atoms with Crippen molar-refractivity contribution < 1.29 is 9.59 Å². The summed E-state index contributed by atoms with van der Waals surface area (Å²) in [5, 5.41) is 1.07. The molecule has 4 rings (SSSR count). The number of carbonyl (C=O) groups excluding carboxylic acids is 2. The Morgan fingerprint density at radius 3 is 2.36 bits per heavy atom. The van der Waals surface area contributed by atoms with Gasteiger partial charge in [0.1, 0.15) is 0 Å². The molecule has 0 aromatic carbocycles. The molecule has 0 saturated carbocycles. The number of nitrogens with zero attached hydrogens (tertiary/aromatic N) is 5. The second-order valence-corrected chi connectivity index (χ2v) is 9.12. The number of hydrogen-bond donors (Lipinski definition) is 0. The van der Waals surface area contributed by atoms with Gasteiger partial charge in [0.15, 0.2) is 5.13 Å². The van der Waals surface area contributed by atoms with Crippen LogP contribution in [0.15, 0.2) is 0 Å². The summed E-state index contributed by atoms with van der Waals surface area (Å²) in [6, 6.07) is 0. The molecule has 2 amide bonds. The highest BCUT2D eigenvalue weighted by molar-refractivity contribution is 7.15. The maximum atomic E-state index is 13.0. The van der Waals surface area contributed by atoms with Gasteiger partial charge in [-0.2, -0.15) is 0 Å². The predicted octanol–water partition coefficient (Wildman–Crippen LogP) is 1.08. The highest BCUT2D eigenvalue weighted by Crippen LogP contribution is 2.35. The van der Waals surface area contributed by atoms with Gasteiger partial charge in [-0.05, 0) is 25.8 Å². The molecular formula is C20H31N5O2S. The van der Waals surface area contributed by atoms with Gasteiger partial charge in [0, 0.05) is 70.1 Å². The number of thiazole rings is 1. The molecule has 0 N–H and O–H groups in total. The normalized spacial score (nSPS) is 23.6. The molecule has 1 atom stereocenters. The van der Waals surface area contributed by atoms with Crippen molar-refractivity contribution in [2.45, 2.75) is 33.1 Å². The lowest BCUT2D eigenvalue weighted by molar-refractivity contribution is -0.137. The molecule has 7 nitrogen and oxygen atoms in total. The summed E-state index contributed by atoms with van der Waals surface area (Å²) >= 11 is 1.76. The van der Waals surface area contributed by atoms with Gasteiger partial charge in [-0.25, -0.2) is 4.98 Å². The van der Waals surface area contributed by atoms with E-state index in [9.17, 15) is 9.59 Å². The van der Waals surface area contributed by atoms with Crippen molar-refractivity contribution in [3.63, 3.8) is 0 Å². The molecule has 1 aromatic rings. The van der Waals surface area contributed by atoms with Gasteiger partial charge in [0.25, 0.3) is 0 Å². The van der Waals surface area contributed by atoms with Crippen LogP contribution < -0.4 is 4.90 Å². The van der Waals surface area contributed by atoms with E-state index in [0.29, 0.717) is 5.91 Å². The lowest BCUT2D eigenvalue weighted by atomic mass is 9.90. The standard InChI is InChI=1S/C20H31N5O2S/c1-3-22-6-8-24(9-7-22)19(27)16-4-5-17-18(14-16)28-20(21-17)25-12-10-23(11-13-25)15(2)26/h16H,3-14H2,1-2H3. The molecule has 0 bridgehead atoms. The zero-order valence-electron chi connectivity index (χ0n) is 17.0. The van der Waals surface area contributed by atoms with E-state index in [1.807, 2.05) is 4.90 Å². The molecule has 1 aliphatic carbocycles. The number of rotatable bonds is 3.